The molecule has 0 aliphatic heterocycles. The zero-order chi connectivity index (χ0) is 8.48. The van der Waals surface area contributed by atoms with E-state index in [0.717, 1.165) is 0 Å². The lowest BCUT2D eigenvalue weighted by Crippen LogP contribution is -2.10. The normalized spacial score (nSPS) is 12.0. The van der Waals surface area contributed by atoms with Crippen LogP contribution in [0, 0.1) is 0 Å². The third-order valence-corrected chi connectivity index (χ3v) is 2.90. The highest BCUT2D eigenvalue weighted by atomic mass is 79.9. The van der Waals surface area contributed by atoms with E-state index in [0.29, 0.717) is 9.35 Å². The first-order valence-corrected chi connectivity index (χ1v) is 4.45. The maximum absolute atomic E-state index is 11.8. The maximum atomic E-state index is 11.8. The predicted molar refractivity (Wildman–Crippen MR) is 41.8 cm³/mol. The zero-order valence-corrected chi connectivity index (χ0v) is 7.68. The average Bonchev–Trinajstić information content (AvgIpc) is 2.12. The van der Waals surface area contributed by atoms with E-state index in [4.69, 9.17) is 0 Å². The van der Waals surface area contributed by atoms with Gasteiger partial charge in [-0.05, 0) is 32.9 Å². The molecule has 0 saturated heterocycles. The standard InChI is InChI=1S/C6H4BrF3S/c7-5-4(1-2-11-5)3-6(8,9)10/h1-2H,3H2. The van der Waals surface area contributed by atoms with Crippen LogP contribution in [0.1, 0.15) is 5.56 Å². The first-order chi connectivity index (χ1) is 4.99. The average molecular weight is 245 g/mol. The molecule has 0 nitrogen and oxygen atoms in total. The number of halogens is 4. The molecule has 0 saturated carbocycles. The molecule has 0 fully saturated rings. The second kappa shape index (κ2) is 3.15. The number of hydrogen-bond donors (Lipinski definition) is 0. The van der Waals surface area contributed by atoms with E-state index in [1.165, 1.54) is 17.4 Å². The van der Waals surface area contributed by atoms with Gasteiger partial charge in [0.1, 0.15) is 0 Å². The van der Waals surface area contributed by atoms with Gasteiger partial charge in [-0.1, -0.05) is 0 Å². The van der Waals surface area contributed by atoms with Crippen LogP contribution in [-0.2, 0) is 6.42 Å². The van der Waals surface area contributed by atoms with Crippen molar-refractivity contribution in [3.8, 4) is 0 Å². The lowest BCUT2D eigenvalue weighted by Gasteiger charge is -2.03. The number of hydrogen-bond acceptors (Lipinski definition) is 1. The molecule has 0 unspecified atom stereocenters. The highest BCUT2D eigenvalue weighted by Gasteiger charge is 2.28. The predicted octanol–water partition coefficient (Wildman–Crippen LogP) is 3.62. The fraction of sp³-hybridized carbons (Fsp3) is 0.333. The van der Waals surface area contributed by atoms with Gasteiger partial charge in [0.25, 0.3) is 0 Å². The van der Waals surface area contributed by atoms with E-state index in [1.807, 2.05) is 0 Å². The van der Waals surface area contributed by atoms with Crippen molar-refractivity contribution in [1.82, 2.24) is 0 Å². The molecule has 0 aliphatic rings. The third-order valence-electron chi connectivity index (χ3n) is 1.08. The molecule has 1 heterocycles. The molecular formula is C6H4BrF3S. The Labute approximate surface area is 74.2 Å². The highest BCUT2D eigenvalue weighted by Crippen LogP contribution is 2.29. The van der Waals surface area contributed by atoms with Crippen molar-refractivity contribution in [2.75, 3.05) is 0 Å². The van der Waals surface area contributed by atoms with Gasteiger partial charge >= 0.3 is 6.18 Å². The number of rotatable bonds is 1. The van der Waals surface area contributed by atoms with E-state index in [2.05, 4.69) is 15.9 Å². The van der Waals surface area contributed by atoms with Gasteiger partial charge in [-0.25, -0.2) is 0 Å². The monoisotopic (exact) mass is 244 g/mol. The first kappa shape index (κ1) is 9.06. The SMILES string of the molecule is FC(F)(F)Cc1ccsc1Br. The molecule has 1 aromatic rings. The molecule has 1 rings (SSSR count). The van der Waals surface area contributed by atoms with Crippen molar-refractivity contribution in [3.05, 3.63) is 20.8 Å². The molecule has 0 bridgehead atoms. The molecule has 0 radical (unpaired) electrons. The minimum Gasteiger partial charge on any atom is -0.171 e. The summed E-state index contributed by atoms with van der Waals surface area (Å²) in [4.78, 5) is 0. The van der Waals surface area contributed by atoms with E-state index in [-0.39, 0.29) is 0 Å². The summed E-state index contributed by atoms with van der Waals surface area (Å²) in [5.41, 5.74) is 0.308. The molecular weight excluding hydrogens is 241 g/mol. The van der Waals surface area contributed by atoms with E-state index < -0.39 is 12.6 Å². The largest absolute Gasteiger partial charge is 0.393 e. The van der Waals surface area contributed by atoms with Gasteiger partial charge < -0.3 is 0 Å². The second-order valence-corrected chi connectivity index (χ2v) is 4.25. The van der Waals surface area contributed by atoms with Crippen molar-refractivity contribution in [2.24, 2.45) is 0 Å². The molecule has 0 spiro atoms. The molecule has 0 aromatic carbocycles. The summed E-state index contributed by atoms with van der Waals surface area (Å²) in [6.45, 7) is 0. The minimum atomic E-state index is -4.11. The summed E-state index contributed by atoms with van der Waals surface area (Å²) in [6, 6.07) is 1.47. The lowest BCUT2D eigenvalue weighted by atomic mass is 10.2. The van der Waals surface area contributed by atoms with Crippen LogP contribution in [0.15, 0.2) is 15.2 Å². The molecule has 1 aromatic heterocycles. The summed E-state index contributed by atoms with van der Waals surface area (Å²) in [5.74, 6) is 0. The van der Waals surface area contributed by atoms with Gasteiger partial charge in [-0.2, -0.15) is 13.2 Å². The Morgan fingerprint density at radius 1 is 1.45 bits per heavy atom. The first-order valence-electron chi connectivity index (χ1n) is 2.77. The van der Waals surface area contributed by atoms with Crippen molar-refractivity contribution in [2.45, 2.75) is 12.6 Å². The van der Waals surface area contributed by atoms with Crippen molar-refractivity contribution >= 4 is 27.3 Å². The van der Waals surface area contributed by atoms with E-state index in [9.17, 15) is 13.2 Å². The number of alkyl halides is 3. The highest BCUT2D eigenvalue weighted by molar-refractivity contribution is 9.11. The molecule has 0 N–H and O–H groups in total. The zero-order valence-electron chi connectivity index (χ0n) is 5.28. The third kappa shape index (κ3) is 2.83. The Hall–Kier alpha value is -0.0300. The summed E-state index contributed by atoms with van der Waals surface area (Å²) in [5, 5.41) is 1.63. The van der Waals surface area contributed by atoms with Gasteiger partial charge in [0.05, 0.1) is 10.2 Å². The Kier molecular flexibility index (Phi) is 2.59. The Balaban J connectivity index is 2.72. The topological polar surface area (TPSA) is 0 Å². The van der Waals surface area contributed by atoms with Gasteiger partial charge in [0, 0.05) is 0 Å². The molecule has 11 heavy (non-hydrogen) atoms. The van der Waals surface area contributed by atoms with Crippen molar-refractivity contribution in [3.63, 3.8) is 0 Å². The van der Waals surface area contributed by atoms with E-state index >= 15 is 0 Å². The molecule has 0 aliphatic carbocycles. The van der Waals surface area contributed by atoms with Crippen LogP contribution in [0.3, 0.4) is 0 Å². The van der Waals surface area contributed by atoms with Crippen molar-refractivity contribution < 1.29 is 13.2 Å². The summed E-state index contributed by atoms with van der Waals surface area (Å²) >= 11 is 4.30. The molecule has 0 atom stereocenters. The number of thiophene rings is 1. The minimum absolute atomic E-state index is 0.308. The fourth-order valence-corrected chi connectivity index (χ4v) is 1.90. The van der Waals surface area contributed by atoms with Crippen LogP contribution in [0.5, 0.6) is 0 Å². The quantitative estimate of drug-likeness (QED) is 0.708. The van der Waals surface area contributed by atoms with Crippen LogP contribution >= 0.6 is 27.3 Å². The van der Waals surface area contributed by atoms with Gasteiger partial charge in [-0.3, -0.25) is 0 Å². The van der Waals surface area contributed by atoms with Crippen LogP contribution in [0.4, 0.5) is 13.2 Å². The maximum Gasteiger partial charge on any atom is 0.393 e. The van der Waals surface area contributed by atoms with Crippen LogP contribution in [0.2, 0.25) is 0 Å². The van der Waals surface area contributed by atoms with Gasteiger partial charge in [0.15, 0.2) is 0 Å². The Morgan fingerprint density at radius 2 is 2.09 bits per heavy atom. The van der Waals surface area contributed by atoms with Crippen LogP contribution in [0.25, 0.3) is 0 Å². The van der Waals surface area contributed by atoms with Crippen molar-refractivity contribution in [1.29, 1.82) is 0 Å². The van der Waals surface area contributed by atoms with Crippen LogP contribution in [-0.4, -0.2) is 6.18 Å². The van der Waals surface area contributed by atoms with Crippen LogP contribution < -0.4 is 0 Å². The smallest absolute Gasteiger partial charge is 0.171 e. The molecule has 62 valence electrons. The second-order valence-electron chi connectivity index (χ2n) is 2.01. The summed E-state index contributed by atoms with van der Waals surface area (Å²) in [6.07, 6.45) is -4.96. The van der Waals surface area contributed by atoms with E-state index in [1.54, 1.807) is 5.38 Å². The summed E-state index contributed by atoms with van der Waals surface area (Å²) in [7, 11) is 0. The van der Waals surface area contributed by atoms with Gasteiger partial charge in [-0.15, -0.1) is 11.3 Å². The fourth-order valence-electron chi connectivity index (χ4n) is 0.661. The molecule has 5 heteroatoms. The van der Waals surface area contributed by atoms with Gasteiger partial charge in [0.2, 0.25) is 0 Å². The molecule has 0 amide bonds. The Morgan fingerprint density at radius 3 is 2.45 bits per heavy atom. The summed E-state index contributed by atoms with van der Waals surface area (Å²) < 4.78 is 35.9. The lowest BCUT2D eigenvalue weighted by molar-refractivity contribution is -0.127. The Bertz CT molecular complexity index is 240.